The molecule has 1 aromatic heterocycles. The van der Waals surface area contributed by atoms with E-state index in [1.165, 1.54) is 13.2 Å². The van der Waals surface area contributed by atoms with Crippen LogP contribution in [0.3, 0.4) is 0 Å². The Morgan fingerprint density at radius 1 is 1.30 bits per heavy atom. The van der Waals surface area contributed by atoms with E-state index in [9.17, 15) is 9.59 Å². The Bertz CT molecular complexity index is 842. The average molecular weight is 368 g/mol. The number of aromatic amines is 1. The van der Waals surface area contributed by atoms with Gasteiger partial charge in [-0.1, -0.05) is 19.1 Å². The minimum absolute atomic E-state index is 0.179. The van der Waals surface area contributed by atoms with Crippen molar-refractivity contribution >= 4 is 23.4 Å². The van der Waals surface area contributed by atoms with Gasteiger partial charge >= 0.3 is 6.09 Å². The number of carbonyl (C=O) groups is 2. The summed E-state index contributed by atoms with van der Waals surface area (Å²) in [6, 6.07) is 5.19. The van der Waals surface area contributed by atoms with E-state index in [-0.39, 0.29) is 18.2 Å². The van der Waals surface area contributed by atoms with Gasteiger partial charge in [-0.05, 0) is 24.6 Å². The van der Waals surface area contributed by atoms with Gasteiger partial charge in [0.15, 0.2) is 0 Å². The van der Waals surface area contributed by atoms with Crippen molar-refractivity contribution in [3.63, 3.8) is 0 Å². The fourth-order valence-electron chi connectivity index (χ4n) is 2.55. The molecule has 7 nitrogen and oxygen atoms in total. The topological polar surface area (TPSA) is 96.1 Å². The normalized spacial score (nSPS) is 11.3. The van der Waals surface area contributed by atoms with Crippen molar-refractivity contribution < 1.29 is 14.3 Å². The summed E-state index contributed by atoms with van der Waals surface area (Å²) >= 11 is 0. The van der Waals surface area contributed by atoms with Crippen molar-refractivity contribution in [2.75, 3.05) is 17.7 Å². The lowest BCUT2D eigenvalue weighted by molar-refractivity contribution is -0.115. The maximum absolute atomic E-state index is 12.1. The van der Waals surface area contributed by atoms with E-state index in [1.54, 1.807) is 24.4 Å². The molecule has 27 heavy (non-hydrogen) atoms. The minimum Gasteiger partial charge on any atom is -0.453 e. The number of carbonyl (C=O) groups excluding carboxylic acids is 2. The molecule has 3 N–H and O–H groups in total. The molecule has 1 heterocycles. The van der Waals surface area contributed by atoms with Gasteiger partial charge in [0.2, 0.25) is 5.91 Å². The van der Waals surface area contributed by atoms with Gasteiger partial charge in [0.1, 0.15) is 5.82 Å². The molecule has 0 aliphatic rings. The molecule has 142 valence electrons. The number of methoxy groups -OCH3 is 1. The zero-order chi connectivity index (χ0) is 19.8. The van der Waals surface area contributed by atoms with Crippen LogP contribution in [0.5, 0.6) is 0 Å². The molecule has 2 amide bonds. The molecule has 1 atom stereocenters. The van der Waals surface area contributed by atoms with Crippen LogP contribution in [0.2, 0.25) is 0 Å². The molecule has 0 spiro atoms. The summed E-state index contributed by atoms with van der Waals surface area (Å²) in [5.74, 6) is 0.835. The van der Waals surface area contributed by atoms with Crippen LogP contribution in [0.1, 0.15) is 31.5 Å². The predicted molar refractivity (Wildman–Crippen MR) is 107 cm³/mol. The van der Waals surface area contributed by atoms with E-state index < -0.39 is 6.09 Å². The molecular weight excluding hydrogens is 344 g/mol. The number of imidazole rings is 1. The summed E-state index contributed by atoms with van der Waals surface area (Å²) in [6.07, 6.45) is 5.49. The van der Waals surface area contributed by atoms with E-state index in [2.05, 4.69) is 45.4 Å². The maximum atomic E-state index is 12.1. The zero-order valence-electron chi connectivity index (χ0n) is 15.5. The molecule has 0 radical (unpaired) electrons. The van der Waals surface area contributed by atoms with E-state index >= 15 is 0 Å². The van der Waals surface area contributed by atoms with Gasteiger partial charge in [-0.3, -0.25) is 10.1 Å². The highest BCUT2D eigenvalue weighted by atomic mass is 16.5. The van der Waals surface area contributed by atoms with Crippen LogP contribution in [-0.4, -0.2) is 29.1 Å². The number of aromatic nitrogens is 2. The van der Waals surface area contributed by atoms with Gasteiger partial charge in [0.25, 0.3) is 0 Å². The second-order valence-electron chi connectivity index (χ2n) is 6.03. The molecule has 0 saturated heterocycles. The van der Waals surface area contributed by atoms with Crippen molar-refractivity contribution in [1.82, 2.24) is 9.97 Å². The molecule has 0 unspecified atom stereocenters. The highest BCUT2D eigenvalue weighted by Crippen LogP contribution is 2.31. The first-order valence-electron chi connectivity index (χ1n) is 8.54. The fraction of sp³-hybridized carbons (Fsp3) is 0.250. The molecule has 0 aliphatic heterocycles. The average Bonchev–Trinajstić information content (AvgIpc) is 3.12. The number of nitrogens with one attached hydrogen (secondary N) is 3. The predicted octanol–water partition coefficient (Wildman–Crippen LogP) is 4.45. The molecule has 1 aromatic carbocycles. The number of benzene rings is 1. The SMILES string of the molecule is C=CCC(=O)Nc1cc(NC(=O)OC)ccc1-c1cnc([C@@H](C)CC=C)[nH]1. The standard InChI is InChI=1S/C20H24N4O3/c1-5-7-13(3)19-21-12-17(24-19)15-10-9-14(22-20(26)27-4)11-16(15)23-18(25)8-6-2/h5-6,9-13H,1-2,7-8H2,3-4H3,(H,21,24)(H,22,26)(H,23,25)/t13-/m0/s1. The molecular formula is C20H24N4O3. The summed E-state index contributed by atoms with van der Waals surface area (Å²) in [7, 11) is 1.28. The zero-order valence-corrected chi connectivity index (χ0v) is 15.5. The molecule has 2 aromatic rings. The monoisotopic (exact) mass is 368 g/mol. The number of ether oxygens (including phenoxy) is 1. The van der Waals surface area contributed by atoms with Crippen LogP contribution < -0.4 is 10.6 Å². The van der Waals surface area contributed by atoms with Crippen LogP contribution in [0, 0.1) is 0 Å². The van der Waals surface area contributed by atoms with Gasteiger partial charge in [0.05, 0.1) is 24.7 Å². The number of nitrogens with zero attached hydrogens (tertiary/aromatic N) is 1. The number of rotatable bonds is 8. The Morgan fingerprint density at radius 2 is 2.07 bits per heavy atom. The number of H-pyrrole nitrogens is 1. The van der Waals surface area contributed by atoms with Gasteiger partial charge in [-0.15, -0.1) is 13.2 Å². The quantitative estimate of drug-likeness (QED) is 0.600. The van der Waals surface area contributed by atoms with Gasteiger partial charge < -0.3 is 15.0 Å². The van der Waals surface area contributed by atoms with E-state index in [1.807, 2.05) is 6.08 Å². The first kappa shape index (κ1) is 20.0. The Balaban J connectivity index is 2.38. The van der Waals surface area contributed by atoms with Crippen LogP contribution in [0.25, 0.3) is 11.3 Å². The van der Waals surface area contributed by atoms with Gasteiger partial charge in [0, 0.05) is 23.6 Å². The van der Waals surface area contributed by atoms with Crippen molar-refractivity contribution in [3.8, 4) is 11.3 Å². The van der Waals surface area contributed by atoms with Crippen molar-refractivity contribution in [2.24, 2.45) is 0 Å². The van der Waals surface area contributed by atoms with Gasteiger partial charge in [-0.25, -0.2) is 9.78 Å². The van der Waals surface area contributed by atoms with E-state index in [0.29, 0.717) is 11.4 Å². The number of anilines is 2. The molecule has 0 saturated carbocycles. The first-order chi connectivity index (χ1) is 13.0. The summed E-state index contributed by atoms with van der Waals surface area (Å²) < 4.78 is 4.61. The lowest BCUT2D eigenvalue weighted by Gasteiger charge is -2.12. The van der Waals surface area contributed by atoms with Crippen molar-refractivity contribution in [2.45, 2.75) is 25.7 Å². The number of hydrogen-bond acceptors (Lipinski definition) is 4. The minimum atomic E-state index is -0.590. The van der Waals surface area contributed by atoms with E-state index in [4.69, 9.17) is 0 Å². The fourth-order valence-corrected chi connectivity index (χ4v) is 2.55. The van der Waals surface area contributed by atoms with Crippen LogP contribution >= 0.6 is 0 Å². The lowest BCUT2D eigenvalue weighted by atomic mass is 10.1. The maximum Gasteiger partial charge on any atom is 0.411 e. The largest absolute Gasteiger partial charge is 0.453 e. The summed E-state index contributed by atoms with van der Waals surface area (Å²) in [5, 5.41) is 5.43. The number of amides is 2. The van der Waals surface area contributed by atoms with Crippen LogP contribution in [-0.2, 0) is 9.53 Å². The van der Waals surface area contributed by atoms with E-state index in [0.717, 1.165) is 23.5 Å². The molecule has 7 heteroatoms. The van der Waals surface area contributed by atoms with Crippen LogP contribution in [0.4, 0.5) is 16.2 Å². The second kappa shape index (κ2) is 9.38. The third-order valence-electron chi connectivity index (χ3n) is 3.93. The summed E-state index contributed by atoms with van der Waals surface area (Å²) in [6.45, 7) is 9.38. The van der Waals surface area contributed by atoms with Crippen molar-refractivity contribution in [1.29, 1.82) is 0 Å². The highest BCUT2D eigenvalue weighted by Gasteiger charge is 2.14. The Hall–Kier alpha value is -3.35. The third kappa shape index (κ3) is 5.31. The summed E-state index contributed by atoms with van der Waals surface area (Å²) in [4.78, 5) is 31.2. The number of allylic oxidation sites excluding steroid dienone is 1. The van der Waals surface area contributed by atoms with Crippen LogP contribution in [0.15, 0.2) is 49.7 Å². The smallest absolute Gasteiger partial charge is 0.411 e. The second-order valence-corrected chi connectivity index (χ2v) is 6.03. The van der Waals surface area contributed by atoms with Crippen molar-refractivity contribution in [3.05, 3.63) is 55.5 Å². The molecule has 0 fully saturated rings. The number of hydrogen-bond donors (Lipinski definition) is 3. The molecule has 0 aliphatic carbocycles. The molecule has 0 bridgehead atoms. The summed E-state index contributed by atoms with van der Waals surface area (Å²) in [5.41, 5.74) is 2.56. The highest BCUT2D eigenvalue weighted by molar-refractivity contribution is 5.97. The Kier molecular flexibility index (Phi) is 6.93. The molecule has 2 rings (SSSR count). The first-order valence-corrected chi connectivity index (χ1v) is 8.54. The van der Waals surface area contributed by atoms with Gasteiger partial charge in [-0.2, -0.15) is 0 Å². The Labute approximate surface area is 158 Å². The lowest BCUT2D eigenvalue weighted by Crippen LogP contribution is -2.13. The Morgan fingerprint density at radius 3 is 2.74 bits per heavy atom. The third-order valence-corrected chi connectivity index (χ3v) is 3.93.